The zero-order chi connectivity index (χ0) is 31.6. The van der Waals surface area contributed by atoms with Crippen LogP contribution in [0.15, 0.2) is 73.4 Å². The van der Waals surface area contributed by atoms with Crippen molar-refractivity contribution < 1.29 is 23.9 Å². The molecule has 2 aromatic heterocycles. The number of fused-ring (bicyclic) bond motifs is 2. The van der Waals surface area contributed by atoms with Crippen LogP contribution in [-0.4, -0.2) is 87.1 Å². The van der Waals surface area contributed by atoms with Crippen molar-refractivity contribution in [2.75, 3.05) is 32.8 Å². The van der Waals surface area contributed by atoms with Gasteiger partial charge in [-0.25, -0.2) is 9.67 Å². The quantitative estimate of drug-likeness (QED) is 0.268. The number of H-pyrrole nitrogens is 1. The Labute approximate surface area is 264 Å². The molecule has 1 aliphatic heterocycles. The maximum Gasteiger partial charge on any atom is 0.255 e. The van der Waals surface area contributed by atoms with Crippen LogP contribution in [0.1, 0.15) is 39.3 Å². The van der Waals surface area contributed by atoms with E-state index in [4.69, 9.17) is 16.3 Å². The Bertz CT molecular complexity index is 1630. The molecule has 0 spiro atoms. The monoisotopic (exact) mass is 632 g/mol. The van der Waals surface area contributed by atoms with Gasteiger partial charge in [-0.3, -0.25) is 19.2 Å². The van der Waals surface area contributed by atoms with E-state index in [1.807, 2.05) is 0 Å². The number of hydrogen-bond donors (Lipinski definition) is 4. The standard InChI is InChI=1S/C31H33ClN8O5/c32-26-8-7-23(40-13-4-10-37-40)17-25(26)31(44)39-12-2-1-9-35-30(43)27(16-22-18-33-20-36-22)38-29(42)21-5-3-6-24(15-21)45-14-11-34-28(41)19-39/h3-8,10,13,15,17-18,20,27H,1-2,9,11-12,14,16,19H2,(H,33,36)(H,34,41)(H,35,43)(H,38,42)/t27-/m0/s1. The Morgan fingerprint density at radius 2 is 1.93 bits per heavy atom. The lowest BCUT2D eigenvalue weighted by atomic mass is 10.1. The number of halogens is 1. The summed E-state index contributed by atoms with van der Waals surface area (Å²) in [7, 11) is 0. The van der Waals surface area contributed by atoms with Gasteiger partial charge >= 0.3 is 0 Å². The van der Waals surface area contributed by atoms with Crippen LogP contribution < -0.4 is 20.7 Å². The van der Waals surface area contributed by atoms with Crippen LogP contribution in [0.4, 0.5) is 0 Å². The molecule has 13 nitrogen and oxygen atoms in total. The van der Waals surface area contributed by atoms with E-state index >= 15 is 0 Å². The molecule has 0 aliphatic carbocycles. The first-order chi connectivity index (χ1) is 21.9. The van der Waals surface area contributed by atoms with Crippen molar-refractivity contribution in [1.82, 2.24) is 40.6 Å². The number of carbonyl (C=O) groups is 4. The number of nitrogens with one attached hydrogen (secondary N) is 4. The molecule has 2 aromatic carbocycles. The third-order valence-corrected chi connectivity index (χ3v) is 7.44. The van der Waals surface area contributed by atoms with Crippen LogP contribution >= 0.6 is 11.6 Å². The van der Waals surface area contributed by atoms with Gasteiger partial charge < -0.3 is 30.6 Å². The van der Waals surface area contributed by atoms with Crippen molar-refractivity contribution >= 4 is 35.2 Å². The van der Waals surface area contributed by atoms with E-state index in [-0.39, 0.29) is 55.1 Å². The summed E-state index contributed by atoms with van der Waals surface area (Å²) in [6.07, 6.45) is 7.70. The van der Waals surface area contributed by atoms with Gasteiger partial charge in [0.15, 0.2) is 0 Å². The van der Waals surface area contributed by atoms with Gasteiger partial charge in [-0.2, -0.15) is 5.10 Å². The summed E-state index contributed by atoms with van der Waals surface area (Å²) in [4.78, 5) is 61.3. The fourth-order valence-corrected chi connectivity index (χ4v) is 5.01. The number of amides is 4. The normalized spacial score (nSPS) is 17.1. The highest BCUT2D eigenvalue weighted by Gasteiger charge is 2.24. The maximum atomic E-state index is 13.7. The Morgan fingerprint density at radius 1 is 1.04 bits per heavy atom. The lowest BCUT2D eigenvalue weighted by Crippen LogP contribution is -2.48. The number of aromatic nitrogens is 4. The summed E-state index contributed by atoms with van der Waals surface area (Å²) in [5.41, 5.74) is 1.90. The van der Waals surface area contributed by atoms with Crippen molar-refractivity contribution in [3.8, 4) is 11.4 Å². The molecule has 3 heterocycles. The van der Waals surface area contributed by atoms with Crippen molar-refractivity contribution in [1.29, 1.82) is 0 Å². The molecule has 1 aliphatic rings. The smallest absolute Gasteiger partial charge is 0.255 e. The lowest BCUT2D eigenvalue weighted by molar-refractivity contribution is -0.123. The van der Waals surface area contributed by atoms with Gasteiger partial charge in [-0.05, 0) is 55.3 Å². The number of nitrogens with zero attached hydrogens (tertiary/aromatic N) is 4. The fraction of sp³-hybridized carbons (Fsp3) is 0.290. The number of rotatable bonds is 4. The SMILES string of the molecule is O=C1CN(C(=O)c2cc(-n3cccn3)ccc2Cl)CCCCNC(=O)[C@H](Cc2cnc[nH]2)NC(=O)c2cccc(c2)OCCN1. The van der Waals surface area contributed by atoms with Gasteiger partial charge in [0.05, 0.1) is 35.7 Å². The van der Waals surface area contributed by atoms with Gasteiger partial charge in [0.2, 0.25) is 11.8 Å². The molecule has 4 N–H and O–H groups in total. The molecule has 2 bridgehead atoms. The summed E-state index contributed by atoms with van der Waals surface area (Å²) in [6, 6.07) is 12.5. The summed E-state index contributed by atoms with van der Waals surface area (Å²) >= 11 is 6.44. The highest BCUT2D eigenvalue weighted by molar-refractivity contribution is 6.34. The number of ether oxygens (including phenoxy) is 1. The minimum Gasteiger partial charge on any atom is -0.492 e. The molecule has 0 fully saturated rings. The molecule has 5 rings (SSSR count). The van der Waals surface area contributed by atoms with Crippen LogP contribution in [0, 0.1) is 0 Å². The second-order valence-corrected chi connectivity index (χ2v) is 10.8. The number of imidazole rings is 1. The first-order valence-corrected chi connectivity index (χ1v) is 14.9. The Hall–Kier alpha value is -5.17. The fourth-order valence-electron chi connectivity index (χ4n) is 4.81. The molecule has 0 radical (unpaired) electrons. The van der Waals surface area contributed by atoms with Gasteiger partial charge in [-0.15, -0.1) is 0 Å². The molecule has 1 atom stereocenters. The van der Waals surface area contributed by atoms with E-state index < -0.39 is 17.9 Å². The predicted molar refractivity (Wildman–Crippen MR) is 165 cm³/mol. The highest BCUT2D eigenvalue weighted by Crippen LogP contribution is 2.22. The maximum absolute atomic E-state index is 13.7. The molecule has 4 aromatic rings. The minimum atomic E-state index is -0.867. The highest BCUT2D eigenvalue weighted by atomic mass is 35.5. The molecule has 0 saturated heterocycles. The van der Waals surface area contributed by atoms with Crippen molar-refractivity contribution in [3.05, 3.63) is 95.3 Å². The van der Waals surface area contributed by atoms with E-state index in [1.165, 1.54) is 11.2 Å². The number of carbonyl (C=O) groups excluding carboxylic acids is 4. The third-order valence-electron chi connectivity index (χ3n) is 7.11. The molecule has 14 heteroatoms. The van der Waals surface area contributed by atoms with Gasteiger partial charge in [0.1, 0.15) is 18.4 Å². The van der Waals surface area contributed by atoms with E-state index in [2.05, 4.69) is 31.0 Å². The summed E-state index contributed by atoms with van der Waals surface area (Å²) in [5, 5.41) is 12.9. The number of hydrogen-bond acceptors (Lipinski definition) is 7. The molecule has 0 saturated carbocycles. The van der Waals surface area contributed by atoms with Crippen LogP contribution in [0.5, 0.6) is 5.75 Å². The third kappa shape index (κ3) is 8.48. The van der Waals surface area contributed by atoms with Crippen molar-refractivity contribution in [2.45, 2.75) is 25.3 Å². The van der Waals surface area contributed by atoms with Gasteiger partial charge in [0, 0.05) is 49.4 Å². The van der Waals surface area contributed by atoms with E-state index in [1.54, 1.807) is 71.8 Å². The molecule has 4 amide bonds. The summed E-state index contributed by atoms with van der Waals surface area (Å²) in [6.45, 7) is 0.640. The van der Waals surface area contributed by atoms with Crippen LogP contribution in [0.25, 0.3) is 5.69 Å². The second-order valence-electron chi connectivity index (χ2n) is 10.4. The minimum absolute atomic E-state index is 0.132. The molecular formula is C31H33ClN8O5. The van der Waals surface area contributed by atoms with Crippen LogP contribution in [-0.2, 0) is 16.0 Å². The van der Waals surface area contributed by atoms with Crippen molar-refractivity contribution in [3.63, 3.8) is 0 Å². The van der Waals surface area contributed by atoms with E-state index in [0.717, 1.165) is 0 Å². The van der Waals surface area contributed by atoms with Gasteiger partial charge in [0.25, 0.3) is 11.8 Å². The second kappa shape index (κ2) is 15.0. The van der Waals surface area contributed by atoms with E-state index in [9.17, 15) is 19.2 Å². The molecule has 234 valence electrons. The first kappa shape index (κ1) is 31.3. The lowest BCUT2D eigenvalue weighted by Gasteiger charge is -2.23. The Kier molecular flexibility index (Phi) is 10.4. The largest absolute Gasteiger partial charge is 0.492 e. The Morgan fingerprint density at radius 3 is 2.73 bits per heavy atom. The molecular weight excluding hydrogens is 600 g/mol. The average molecular weight is 633 g/mol. The van der Waals surface area contributed by atoms with E-state index in [0.29, 0.717) is 42.1 Å². The van der Waals surface area contributed by atoms with Crippen LogP contribution in [0.2, 0.25) is 5.02 Å². The summed E-state index contributed by atoms with van der Waals surface area (Å²) < 4.78 is 7.37. The number of benzene rings is 2. The number of aromatic amines is 1. The molecule has 0 unspecified atom stereocenters. The van der Waals surface area contributed by atoms with Gasteiger partial charge in [-0.1, -0.05) is 17.7 Å². The predicted octanol–water partition coefficient (Wildman–Crippen LogP) is 2.14. The topological polar surface area (TPSA) is 163 Å². The zero-order valence-corrected chi connectivity index (χ0v) is 25.1. The summed E-state index contributed by atoms with van der Waals surface area (Å²) in [5.74, 6) is -1.15. The van der Waals surface area contributed by atoms with Crippen molar-refractivity contribution in [2.24, 2.45) is 0 Å². The van der Waals surface area contributed by atoms with Crippen LogP contribution in [0.3, 0.4) is 0 Å². The average Bonchev–Trinajstić information content (AvgIpc) is 3.77. The zero-order valence-electron chi connectivity index (χ0n) is 24.4. The Balaban J connectivity index is 1.33. The molecule has 45 heavy (non-hydrogen) atoms. The first-order valence-electron chi connectivity index (χ1n) is 14.5.